The van der Waals surface area contributed by atoms with Crippen LogP contribution in [0, 0.1) is 0 Å². The molecule has 1 N–H and O–H groups in total. The maximum absolute atomic E-state index is 13.6. The van der Waals surface area contributed by atoms with E-state index >= 15 is 0 Å². The Hall–Kier alpha value is -2.27. The lowest BCUT2D eigenvalue weighted by molar-refractivity contribution is -0.144. The highest BCUT2D eigenvalue weighted by Gasteiger charge is 2.41. The van der Waals surface area contributed by atoms with Gasteiger partial charge in [0.15, 0.2) is 5.78 Å². The molecular formula is C27H26Cl3NO3. The van der Waals surface area contributed by atoms with Gasteiger partial charge in [-0.25, -0.2) is 4.79 Å². The number of esters is 1. The zero-order chi connectivity index (χ0) is 24.6. The minimum absolute atomic E-state index is 0.00823. The van der Waals surface area contributed by atoms with Crippen LogP contribution in [0.2, 0.25) is 15.1 Å². The van der Waals surface area contributed by atoms with E-state index < -0.39 is 11.9 Å². The molecule has 0 saturated heterocycles. The molecule has 2 aromatic rings. The van der Waals surface area contributed by atoms with Gasteiger partial charge in [-0.1, -0.05) is 59.9 Å². The molecule has 2 aliphatic rings. The van der Waals surface area contributed by atoms with Crippen LogP contribution in [0.15, 0.2) is 65.0 Å². The molecule has 0 radical (unpaired) electrons. The van der Waals surface area contributed by atoms with E-state index in [1.54, 1.807) is 12.1 Å². The number of carbonyl (C=O) groups excluding carboxylic acids is 2. The topological polar surface area (TPSA) is 55.4 Å². The predicted molar refractivity (Wildman–Crippen MR) is 136 cm³/mol. The molecule has 1 aliphatic heterocycles. The van der Waals surface area contributed by atoms with Crippen molar-refractivity contribution in [2.24, 2.45) is 0 Å². The Bertz CT molecular complexity index is 1200. The molecule has 0 fully saturated rings. The highest BCUT2D eigenvalue weighted by atomic mass is 35.5. The van der Waals surface area contributed by atoms with E-state index in [2.05, 4.69) is 5.32 Å². The third-order valence-electron chi connectivity index (χ3n) is 6.55. The molecule has 0 saturated carbocycles. The largest absolute Gasteiger partial charge is 0.459 e. The Labute approximate surface area is 214 Å². The molecule has 4 nitrogen and oxygen atoms in total. The Balaban J connectivity index is 1.79. The Morgan fingerprint density at radius 1 is 1.06 bits per heavy atom. The number of allylic oxidation sites excluding steroid dienone is 3. The number of nitrogens with one attached hydrogen (secondary N) is 1. The maximum Gasteiger partial charge on any atom is 0.337 e. The van der Waals surface area contributed by atoms with Crippen LogP contribution in [0.4, 0.5) is 0 Å². The van der Waals surface area contributed by atoms with Crippen molar-refractivity contribution < 1.29 is 14.3 Å². The van der Waals surface area contributed by atoms with Crippen molar-refractivity contribution in [3.05, 3.63) is 91.2 Å². The van der Waals surface area contributed by atoms with Gasteiger partial charge in [0.05, 0.1) is 21.7 Å². The van der Waals surface area contributed by atoms with Crippen LogP contribution in [0.3, 0.4) is 0 Å². The molecule has 178 valence electrons. The number of hydrogen-bond acceptors (Lipinski definition) is 4. The molecule has 2 aromatic carbocycles. The lowest BCUT2D eigenvalue weighted by Crippen LogP contribution is -2.36. The SMILES string of the molecule is CC[C@H](C)OC(=O)C1=C(C)NC2=C(C(=O)C[C@@H](c3ccc(Cl)cc3)C2)[C@@H]1c1ccc(Cl)c(Cl)c1. The predicted octanol–water partition coefficient (Wildman–Crippen LogP) is 7.35. The van der Waals surface area contributed by atoms with Crippen molar-refractivity contribution in [3.63, 3.8) is 0 Å². The van der Waals surface area contributed by atoms with Crippen LogP contribution in [0.5, 0.6) is 0 Å². The van der Waals surface area contributed by atoms with Gasteiger partial charge >= 0.3 is 5.97 Å². The molecule has 0 aromatic heterocycles. The number of benzene rings is 2. The number of carbonyl (C=O) groups is 2. The second kappa shape index (κ2) is 10.2. The second-order valence-corrected chi connectivity index (χ2v) is 10.1. The summed E-state index contributed by atoms with van der Waals surface area (Å²) in [6.07, 6.45) is 1.44. The summed E-state index contributed by atoms with van der Waals surface area (Å²) in [6, 6.07) is 12.8. The summed E-state index contributed by atoms with van der Waals surface area (Å²) in [7, 11) is 0. The fraction of sp³-hybridized carbons (Fsp3) is 0.333. The summed E-state index contributed by atoms with van der Waals surface area (Å²) in [4.78, 5) is 26.9. The maximum atomic E-state index is 13.6. The monoisotopic (exact) mass is 517 g/mol. The lowest BCUT2D eigenvalue weighted by Gasteiger charge is -2.37. The molecule has 0 spiro atoms. The third kappa shape index (κ3) is 4.91. The van der Waals surface area contributed by atoms with Gasteiger partial charge in [-0.2, -0.15) is 0 Å². The number of halogens is 3. The highest BCUT2D eigenvalue weighted by Crippen LogP contribution is 2.46. The van der Waals surface area contributed by atoms with Crippen LogP contribution < -0.4 is 5.32 Å². The molecule has 34 heavy (non-hydrogen) atoms. The van der Waals surface area contributed by atoms with Crippen LogP contribution >= 0.6 is 34.8 Å². The van der Waals surface area contributed by atoms with E-state index in [1.807, 2.05) is 51.1 Å². The quantitative estimate of drug-likeness (QED) is 0.420. The Kier molecular flexibility index (Phi) is 7.42. The van der Waals surface area contributed by atoms with Crippen molar-refractivity contribution in [2.75, 3.05) is 0 Å². The fourth-order valence-corrected chi connectivity index (χ4v) is 5.07. The Morgan fingerprint density at radius 3 is 2.38 bits per heavy atom. The van der Waals surface area contributed by atoms with E-state index in [4.69, 9.17) is 39.5 Å². The van der Waals surface area contributed by atoms with Gasteiger partial charge in [0.25, 0.3) is 0 Å². The van der Waals surface area contributed by atoms with E-state index in [9.17, 15) is 9.59 Å². The van der Waals surface area contributed by atoms with E-state index in [1.165, 1.54) is 0 Å². The summed E-state index contributed by atoms with van der Waals surface area (Å²) in [5.74, 6) is -1.01. The number of dihydropyridines is 1. The van der Waals surface area contributed by atoms with Gasteiger partial charge in [-0.15, -0.1) is 0 Å². The normalized spacial score (nSPS) is 21.2. The van der Waals surface area contributed by atoms with Gasteiger partial charge in [0.2, 0.25) is 0 Å². The van der Waals surface area contributed by atoms with Crippen LogP contribution in [-0.2, 0) is 14.3 Å². The third-order valence-corrected chi connectivity index (χ3v) is 7.54. The Morgan fingerprint density at radius 2 is 1.74 bits per heavy atom. The molecule has 0 bridgehead atoms. The summed E-state index contributed by atoms with van der Waals surface area (Å²) in [5.41, 5.74) is 4.30. The number of Topliss-reactive ketones (excluding diaryl/α,β-unsaturated/α-hetero) is 1. The first-order valence-electron chi connectivity index (χ1n) is 11.3. The van der Waals surface area contributed by atoms with Crippen molar-refractivity contribution in [2.45, 2.75) is 58.0 Å². The number of rotatable bonds is 5. The van der Waals surface area contributed by atoms with Crippen molar-refractivity contribution in [1.29, 1.82) is 0 Å². The van der Waals surface area contributed by atoms with Crippen LogP contribution in [-0.4, -0.2) is 17.9 Å². The zero-order valence-electron chi connectivity index (χ0n) is 19.3. The molecule has 0 unspecified atom stereocenters. The number of ketones is 1. The molecule has 3 atom stereocenters. The van der Waals surface area contributed by atoms with Gasteiger partial charge in [-0.05, 0) is 68.0 Å². The second-order valence-electron chi connectivity index (χ2n) is 8.87. The van der Waals surface area contributed by atoms with Crippen LogP contribution in [0.1, 0.15) is 63.0 Å². The highest BCUT2D eigenvalue weighted by molar-refractivity contribution is 6.42. The van der Waals surface area contributed by atoms with E-state index in [0.29, 0.717) is 51.2 Å². The smallest absolute Gasteiger partial charge is 0.337 e. The first-order chi connectivity index (χ1) is 16.2. The minimum Gasteiger partial charge on any atom is -0.459 e. The molecule has 7 heteroatoms. The molecule has 4 rings (SSSR count). The molecule has 1 aliphatic carbocycles. The average Bonchev–Trinajstić information content (AvgIpc) is 2.80. The molecule has 1 heterocycles. The van der Waals surface area contributed by atoms with Crippen molar-refractivity contribution >= 4 is 46.6 Å². The van der Waals surface area contributed by atoms with Crippen molar-refractivity contribution in [1.82, 2.24) is 5.32 Å². The fourth-order valence-electron chi connectivity index (χ4n) is 4.64. The summed E-state index contributed by atoms with van der Waals surface area (Å²) in [5, 5.41) is 4.80. The summed E-state index contributed by atoms with van der Waals surface area (Å²) < 4.78 is 5.69. The summed E-state index contributed by atoms with van der Waals surface area (Å²) >= 11 is 18.6. The minimum atomic E-state index is -0.582. The first-order valence-corrected chi connectivity index (χ1v) is 12.5. The number of ether oxygens (including phenoxy) is 1. The van der Waals surface area contributed by atoms with E-state index in [0.717, 1.165) is 16.8 Å². The van der Waals surface area contributed by atoms with Gasteiger partial charge < -0.3 is 10.1 Å². The summed E-state index contributed by atoms with van der Waals surface area (Å²) in [6.45, 7) is 5.65. The number of hydrogen-bond donors (Lipinski definition) is 1. The molecular weight excluding hydrogens is 493 g/mol. The molecule has 0 amide bonds. The van der Waals surface area contributed by atoms with E-state index in [-0.39, 0.29) is 17.8 Å². The van der Waals surface area contributed by atoms with Gasteiger partial charge in [0.1, 0.15) is 0 Å². The lowest BCUT2D eigenvalue weighted by atomic mass is 9.71. The van der Waals surface area contributed by atoms with Crippen molar-refractivity contribution in [3.8, 4) is 0 Å². The average molecular weight is 519 g/mol. The van der Waals surface area contributed by atoms with Gasteiger partial charge in [-0.3, -0.25) is 4.79 Å². The van der Waals surface area contributed by atoms with Gasteiger partial charge in [0, 0.05) is 34.3 Å². The first kappa shape index (κ1) is 24.8. The standard InChI is InChI=1S/C27H26Cl3NO3/c1-4-14(2)34-27(33)24-15(3)31-22-12-18(16-5-8-19(28)9-6-16)13-23(32)26(22)25(24)17-7-10-20(29)21(30)11-17/h5-11,14,18,25,31H,4,12-13H2,1-3H3/t14-,18-,25+/m0/s1. The zero-order valence-corrected chi connectivity index (χ0v) is 21.5. The van der Waals surface area contributed by atoms with Crippen LogP contribution in [0.25, 0.3) is 0 Å².